The van der Waals surface area contributed by atoms with Crippen LogP contribution in [-0.4, -0.2) is 25.2 Å². The first-order chi connectivity index (χ1) is 11.3. The number of carbonyl (C=O) groups excluding carboxylic acids is 2. The number of hydrogen-bond donors (Lipinski definition) is 0. The van der Waals surface area contributed by atoms with E-state index in [9.17, 15) is 9.59 Å². The fourth-order valence-corrected chi connectivity index (χ4v) is 2.31. The van der Waals surface area contributed by atoms with E-state index in [1.165, 1.54) is 11.1 Å². The Labute approximate surface area is 146 Å². The van der Waals surface area contributed by atoms with Gasteiger partial charge in [0.05, 0.1) is 13.2 Å². The SMILES string of the molecule is C=C(C/C(=C\C)CCC=C(C)C)CC(C(=O)OCC)C(=O)OCC. The quantitative estimate of drug-likeness (QED) is 0.310. The Bertz CT molecular complexity index is 464. The molecule has 0 unspecified atom stereocenters. The summed E-state index contributed by atoms with van der Waals surface area (Å²) in [4.78, 5) is 24.0. The predicted molar refractivity (Wildman–Crippen MR) is 97.6 cm³/mol. The highest BCUT2D eigenvalue weighted by atomic mass is 16.6. The molecular formula is C20H32O4. The topological polar surface area (TPSA) is 52.6 Å². The summed E-state index contributed by atoms with van der Waals surface area (Å²) < 4.78 is 9.98. The second kappa shape index (κ2) is 12.6. The van der Waals surface area contributed by atoms with E-state index in [4.69, 9.17) is 9.47 Å². The molecule has 0 bridgehead atoms. The molecule has 0 radical (unpaired) electrons. The summed E-state index contributed by atoms with van der Waals surface area (Å²) >= 11 is 0. The van der Waals surface area contributed by atoms with Gasteiger partial charge in [0.2, 0.25) is 0 Å². The summed E-state index contributed by atoms with van der Waals surface area (Å²) in [5.74, 6) is -2.00. The maximum Gasteiger partial charge on any atom is 0.320 e. The summed E-state index contributed by atoms with van der Waals surface area (Å²) in [7, 11) is 0. The number of rotatable bonds is 11. The minimum atomic E-state index is -0.923. The zero-order valence-electron chi connectivity index (χ0n) is 15.8. The molecule has 0 aromatic heterocycles. The highest BCUT2D eigenvalue weighted by Gasteiger charge is 2.30. The molecule has 0 aliphatic carbocycles. The van der Waals surface area contributed by atoms with Gasteiger partial charge in [-0.15, -0.1) is 0 Å². The van der Waals surface area contributed by atoms with Gasteiger partial charge in [-0.3, -0.25) is 9.59 Å². The zero-order valence-corrected chi connectivity index (χ0v) is 15.8. The fourth-order valence-electron chi connectivity index (χ4n) is 2.31. The average molecular weight is 336 g/mol. The molecule has 24 heavy (non-hydrogen) atoms. The Morgan fingerprint density at radius 2 is 1.62 bits per heavy atom. The Balaban J connectivity index is 4.76. The second-order valence-corrected chi connectivity index (χ2v) is 5.95. The van der Waals surface area contributed by atoms with Gasteiger partial charge in [0.15, 0.2) is 5.92 Å². The lowest BCUT2D eigenvalue weighted by Crippen LogP contribution is -2.28. The molecule has 0 saturated carbocycles. The van der Waals surface area contributed by atoms with E-state index in [2.05, 4.69) is 32.6 Å². The molecule has 0 fully saturated rings. The maximum atomic E-state index is 12.0. The van der Waals surface area contributed by atoms with E-state index in [-0.39, 0.29) is 19.6 Å². The lowest BCUT2D eigenvalue weighted by atomic mass is 9.93. The molecule has 0 aliphatic heterocycles. The standard InChI is InChI=1S/C20H32O4/c1-7-17(12-10-11-15(4)5)13-16(6)14-18(19(21)23-8-2)20(22)24-9-3/h7,11,18H,6,8-10,12-14H2,1-5H3/b17-7-. The van der Waals surface area contributed by atoms with Gasteiger partial charge in [-0.25, -0.2) is 0 Å². The third-order valence-electron chi connectivity index (χ3n) is 3.54. The molecule has 0 amide bonds. The summed E-state index contributed by atoms with van der Waals surface area (Å²) in [5, 5.41) is 0. The lowest BCUT2D eigenvalue weighted by Gasteiger charge is -2.16. The maximum absolute atomic E-state index is 12.0. The average Bonchev–Trinajstić information content (AvgIpc) is 2.51. The molecule has 0 aliphatic rings. The van der Waals surface area contributed by atoms with Crippen molar-refractivity contribution in [1.29, 1.82) is 0 Å². The van der Waals surface area contributed by atoms with Crippen LogP contribution < -0.4 is 0 Å². The van der Waals surface area contributed by atoms with Crippen LogP contribution in [0.3, 0.4) is 0 Å². The normalized spacial score (nSPS) is 11.2. The molecule has 0 aromatic carbocycles. The fraction of sp³-hybridized carbons (Fsp3) is 0.600. The summed E-state index contributed by atoms with van der Waals surface area (Å²) in [6, 6.07) is 0. The third kappa shape index (κ3) is 9.33. The lowest BCUT2D eigenvalue weighted by molar-refractivity contribution is -0.161. The molecule has 0 saturated heterocycles. The van der Waals surface area contributed by atoms with Crippen molar-refractivity contribution < 1.29 is 19.1 Å². The smallest absolute Gasteiger partial charge is 0.320 e. The molecule has 136 valence electrons. The van der Waals surface area contributed by atoms with Crippen LogP contribution in [0.25, 0.3) is 0 Å². The van der Waals surface area contributed by atoms with Crippen molar-refractivity contribution in [2.24, 2.45) is 5.92 Å². The molecule has 4 nitrogen and oxygen atoms in total. The van der Waals surface area contributed by atoms with E-state index in [0.29, 0.717) is 6.42 Å². The largest absolute Gasteiger partial charge is 0.465 e. The number of allylic oxidation sites excluding steroid dienone is 5. The van der Waals surface area contributed by atoms with E-state index in [1.807, 2.05) is 6.92 Å². The van der Waals surface area contributed by atoms with Crippen LogP contribution in [0.2, 0.25) is 0 Å². The van der Waals surface area contributed by atoms with Crippen molar-refractivity contribution in [3.8, 4) is 0 Å². The van der Waals surface area contributed by atoms with Crippen LogP contribution >= 0.6 is 0 Å². The van der Waals surface area contributed by atoms with Crippen molar-refractivity contribution in [3.05, 3.63) is 35.5 Å². The van der Waals surface area contributed by atoms with Gasteiger partial charge in [-0.1, -0.05) is 35.5 Å². The van der Waals surface area contributed by atoms with Gasteiger partial charge in [0, 0.05) is 0 Å². The van der Waals surface area contributed by atoms with Crippen LogP contribution in [0.4, 0.5) is 0 Å². The summed E-state index contributed by atoms with van der Waals surface area (Å²) in [6.45, 7) is 14.1. The first-order valence-electron chi connectivity index (χ1n) is 8.62. The molecule has 0 atom stereocenters. The summed E-state index contributed by atoms with van der Waals surface area (Å²) in [6.07, 6.45) is 7.15. The molecule has 0 heterocycles. The zero-order chi connectivity index (χ0) is 18.5. The monoisotopic (exact) mass is 336 g/mol. The van der Waals surface area contributed by atoms with E-state index < -0.39 is 17.9 Å². The van der Waals surface area contributed by atoms with Gasteiger partial charge in [0.25, 0.3) is 0 Å². The number of esters is 2. The number of carbonyl (C=O) groups is 2. The Hall–Kier alpha value is -1.84. The molecule has 0 aromatic rings. The predicted octanol–water partition coefficient (Wildman–Crippen LogP) is 4.76. The van der Waals surface area contributed by atoms with Crippen LogP contribution in [0.1, 0.15) is 60.3 Å². The molecule has 4 heteroatoms. The van der Waals surface area contributed by atoms with Crippen LogP contribution in [0, 0.1) is 5.92 Å². The van der Waals surface area contributed by atoms with Crippen LogP contribution in [-0.2, 0) is 19.1 Å². The Kier molecular flexibility index (Phi) is 11.6. The second-order valence-electron chi connectivity index (χ2n) is 5.95. The molecule has 0 N–H and O–H groups in total. The highest BCUT2D eigenvalue weighted by Crippen LogP contribution is 2.23. The van der Waals surface area contributed by atoms with Crippen molar-refractivity contribution in [2.45, 2.75) is 60.3 Å². The summed E-state index contributed by atoms with van der Waals surface area (Å²) in [5.41, 5.74) is 3.39. The first kappa shape index (κ1) is 22.2. The molecular weight excluding hydrogens is 304 g/mol. The molecule has 0 rings (SSSR count). The van der Waals surface area contributed by atoms with Gasteiger partial charge < -0.3 is 9.47 Å². The van der Waals surface area contributed by atoms with Gasteiger partial charge >= 0.3 is 11.9 Å². The van der Waals surface area contributed by atoms with Crippen LogP contribution in [0.5, 0.6) is 0 Å². The third-order valence-corrected chi connectivity index (χ3v) is 3.54. The van der Waals surface area contributed by atoms with Crippen molar-refractivity contribution >= 4 is 11.9 Å². The van der Waals surface area contributed by atoms with Gasteiger partial charge in [0.1, 0.15) is 0 Å². The highest BCUT2D eigenvalue weighted by molar-refractivity contribution is 5.95. The minimum Gasteiger partial charge on any atom is -0.465 e. The van der Waals surface area contributed by atoms with Crippen LogP contribution in [0.15, 0.2) is 35.5 Å². The number of hydrogen-bond acceptors (Lipinski definition) is 4. The Morgan fingerprint density at radius 3 is 2.04 bits per heavy atom. The number of ether oxygens (including phenoxy) is 2. The Morgan fingerprint density at radius 1 is 1.08 bits per heavy atom. The van der Waals surface area contributed by atoms with Gasteiger partial charge in [-0.2, -0.15) is 0 Å². The van der Waals surface area contributed by atoms with E-state index in [1.54, 1.807) is 13.8 Å². The minimum absolute atomic E-state index is 0.240. The van der Waals surface area contributed by atoms with Crippen molar-refractivity contribution in [3.63, 3.8) is 0 Å². The van der Waals surface area contributed by atoms with Crippen molar-refractivity contribution in [2.75, 3.05) is 13.2 Å². The van der Waals surface area contributed by atoms with Gasteiger partial charge in [-0.05, 0) is 60.3 Å². The van der Waals surface area contributed by atoms with E-state index in [0.717, 1.165) is 18.4 Å². The molecule has 0 spiro atoms. The van der Waals surface area contributed by atoms with E-state index >= 15 is 0 Å². The first-order valence-corrected chi connectivity index (χ1v) is 8.62. The van der Waals surface area contributed by atoms with Crippen molar-refractivity contribution in [1.82, 2.24) is 0 Å².